The van der Waals surface area contributed by atoms with Gasteiger partial charge >= 0.3 is 11.7 Å². The second-order valence-electron chi connectivity index (χ2n) is 8.18. The summed E-state index contributed by atoms with van der Waals surface area (Å²) >= 11 is 0. The van der Waals surface area contributed by atoms with Crippen LogP contribution in [-0.2, 0) is 16.1 Å². The molecule has 0 unspecified atom stereocenters. The molecule has 0 aliphatic heterocycles. The van der Waals surface area contributed by atoms with Crippen molar-refractivity contribution in [3.8, 4) is 11.4 Å². The summed E-state index contributed by atoms with van der Waals surface area (Å²) in [5.74, 6) is 0.234. The molecular weight excluding hydrogens is 394 g/mol. The highest BCUT2D eigenvalue weighted by atomic mass is 16.6. The molecule has 0 aliphatic carbocycles. The van der Waals surface area contributed by atoms with Crippen molar-refractivity contribution in [3.63, 3.8) is 0 Å². The second-order valence-corrected chi connectivity index (χ2v) is 8.18. The van der Waals surface area contributed by atoms with E-state index in [9.17, 15) is 9.59 Å². The summed E-state index contributed by atoms with van der Waals surface area (Å²) in [7, 11) is 0. The molecule has 0 bridgehead atoms. The van der Waals surface area contributed by atoms with Crippen molar-refractivity contribution in [2.45, 2.75) is 53.7 Å². The molecule has 0 saturated carbocycles. The Bertz CT molecular complexity index is 1120. The van der Waals surface area contributed by atoms with Crippen LogP contribution in [0.3, 0.4) is 0 Å². The molecule has 31 heavy (non-hydrogen) atoms. The predicted octanol–water partition coefficient (Wildman–Crippen LogP) is 3.73. The van der Waals surface area contributed by atoms with Crippen molar-refractivity contribution < 1.29 is 14.3 Å². The molecular formula is C24H29N3O4. The summed E-state index contributed by atoms with van der Waals surface area (Å²) in [6, 6.07) is 11.6. The highest BCUT2D eigenvalue weighted by Crippen LogP contribution is 2.29. The van der Waals surface area contributed by atoms with E-state index in [4.69, 9.17) is 9.47 Å². The van der Waals surface area contributed by atoms with Crippen molar-refractivity contribution in [3.05, 3.63) is 75.5 Å². The maximum Gasteiger partial charge on any atom is 0.350 e. The van der Waals surface area contributed by atoms with Crippen LogP contribution in [0.2, 0.25) is 0 Å². The number of benzene rings is 2. The molecule has 0 saturated heterocycles. The molecule has 3 aromatic rings. The van der Waals surface area contributed by atoms with Crippen molar-refractivity contribution in [2.75, 3.05) is 6.61 Å². The topological polar surface area (TPSA) is 75.3 Å². The molecule has 0 N–H and O–H groups in total. The zero-order valence-electron chi connectivity index (χ0n) is 18.9. The van der Waals surface area contributed by atoms with Crippen LogP contribution in [0.15, 0.2) is 47.5 Å². The van der Waals surface area contributed by atoms with E-state index in [-0.39, 0.29) is 5.69 Å². The molecule has 164 valence electrons. The minimum Gasteiger partial charge on any atom is -0.476 e. The average molecular weight is 424 g/mol. The van der Waals surface area contributed by atoms with Gasteiger partial charge in [-0.2, -0.15) is 9.78 Å². The number of nitrogens with zero attached hydrogens (tertiary/aromatic N) is 3. The summed E-state index contributed by atoms with van der Waals surface area (Å²) < 4.78 is 14.1. The van der Waals surface area contributed by atoms with Crippen molar-refractivity contribution in [1.82, 2.24) is 14.3 Å². The lowest BCUT2D eigenvalue weighted by Gasteiger charge is -2.26. The number of aromatic nitrogens is 3. The molecule has 7 heteroatoms. The Morgan fingerprint density at radius 2 is 1.68 bits per heavy atom. The van der Waals surface area contributed by atoms with Gasteiger partial charge in [0.1, 0.15) is 12.1 Å². The quantitative estimate of drug-likeness (QED) is 0.542. The first-order valence-corrected chi connectivity index (χ1v) is 10.3. The van der Waals surface area contributed by atoms with E-state index < -0.39 is 11.6 Å². The van der Waals surface area contributed by atoms with E-state index in [1.54, 1.807) is 31.7 Å². The highest BCUT2D eigenvalue weighted by Gasteiger charge is 2.32. The van der Waals surface area contributed by atoms with Crippen LogP contribution in [0.5, 0.6) is 5.75 Å². The van der Waals surface area contributed by atoms with Gasteiger partial charge in [0.05, 0.1) is 18.8 Å². The maximum absolute atomic E-state index is 12.8. The fourth-order valence-electron chi connectivity index (χ4n) is 3.40. The third-order valence-corrected chi connectivity index (χ3v) is 5.01. The number of carbonyl (C=O) groups excluding carboxylic acids is 1. The van der Waals surface area contributed by atoms with E-state index in [2.05, 4.69) is 5.10 Å². The van der Waals surface area contributed by atoms with Gasteiger partial charge in [0.25, 0.3) is 0 Å². The van der Waals surface area contributed by atoms with Gasteiger partial charge in [-0.15, -0.1) is 0 Å². The number of ether oxygens (including phenoxy) is 2. The normalized spacial score (nSPS) is 11.4. The summed E-state index contributed by atoms with van der Waals surface area (Å²) in [6.45, 7) is 11.7. The third kappa shape index (κ3) is 4.87. The molecule has 0 spiro atoms. The van der Waals surface area contributed by atoms with Gasteiger partial charge in [0.2, 0.25) is 0 Å². The molecule has 0 radical (unpaired) electrons. The zero-order chi connectivity index (χ0) is 22.8. The Kier molecular flexibility index (Phi) is 6.34. The van der Waals surface area contributed by atoms with Gasteiger partial charge in [-0.25, -0.2) is 9.59 Å². The Balaban J connectivity index is 1.84. The number of carbonyl (C=O) groups is 1. The molecule has 1 aromatic heterocycles. The molecule has 2 aromatic carbocycles. The minimum atomic E-state index is -1.10. The summed E-state index contributed by atoms with van der Waals surface area (Å²) in [5, 5.41) is 4.25. The number of esters is 1. The van der Waals surface area contributed by atoms with Crippen LogP contribution >= 0.6 is 0 Å². The maximum atomic E-state index is 12.8. The number of rotatable bonds is 7. The van der Waals surface area contributed by atoms with Crippen LogP contribution in [0.4, 0.5) is 0 Å². The first kappa shape index (κ1) is 22.3. The average Bonchev–Trinajstić information content (AvgIpc) is 3.06. The van der Waals surface area contributed by atoms with Gasteiger partial charge in [0, 0.05) is 0 Å². The van der Waals surface area contributed by atoms with Gasteiger partial charge in [-0.1, -0.05) is 29.8 Å². The van der Waals surface area contributed by atoms with Crippen LogP contribution < -0.4 is 10.4 Å². The van der Waals surface area contributed by atoms with Gasteiger partial charge < -0.3 is 9.47 Å². The fourth-order valence-corrected chi connectivity index (χ4v) is 3.40. The van der Waals surface area contributed by atoms with Crippen molar-refractivity contribution >= 4 is 5.97 Å². The molecule has 7 nitrogen and oxygen atoms in total. The van der Waals surface area contributed by atoms with Crippen molar-refractivity contribution in [2.24, 2.45) is 0 Å². The Labute approximate surface area is 182 Å². The fraction of sp³-hybridized carbons (Fsp3) is 0.375. The van der Waals surface area contributed by atoms with Crippen LogP contribution in [-0.4, -0.2) is 32.5 Å². The molecule has 0 aliphatic rings. The zero-order valence-corrected chi connectivity index (χ0v) is 18.9. The smallest absolute Gasteiger partial charge is 0.350 e. The molecule has 1 heterocycles. The largest absolute Gasteiger partial charge is 0.476 e. The Morgan fingerprint density at radius 3 is 2.26 bits per heavy atom. The summed E-state index contributed by atoms with van der Waals surface area (Å²) in [4.78, 5) is 25.0. The SMILES string of the molecule is CCOC(=O)C(C)(C)Oc1c(C)cc(Cn2cnn(-c3ccc(C)cc3)c2=O)cc1C. The van der Waals surface area contributed by atoms with Gasteiger partial charge in [-0.05, 0) is 70.4 Å². The lowest BCUT2D eigenvalue weighted by molar-refractivity contribution is -0.158. The minimum absolute atomic E-state index is 0.206. The van der Waals surface area contributed by atoms with E-state index in [0.717, 1.165) is 27.9 Å². The van der Waals surface area contributed by atoms with E-state index in [0.29, 0.717) is 18.9 Å². The van der Waals surface area contributed by atoms with Crippen LogP contribution in [0.1, 0.15) is 43.0 Å². The molecule has 3 rings (SSSR count). The van der Waals surface area contributed by atoms with E-state index in [1.165, 1.54) is 4.68 Å². The predicted molar refractivity (Wildman–Crippen MR) is 119 cm³/mol. The number of hydrogen-bond acceptors (Lipinski definition) is 5. The van der Waals surface area contributed by atoms with Gasteiger partial charge in [0.15, 0.2) is 5.60 Å². The van der Waals surface area contributed by atoms with Crippen LogP contribution in [0.25, 0.3) is 5.69 Å². The van der Waals surface area contributed by atoms with E-state index in [1.807, 2.05) is 57.2 Å². The number of hydrogen-bond donors (Lipinski definition) is 0. The standard InChI is InChI=1S/C24H29N3O4/c1-7-30-22(28)24(5,6)31-21-17(3)12-19(13-18(21)4)14-26-15-25-27(23(26)29)20-10-8-16(2)9-11-20/h8-13,15H,7,14H2,1-6H3. The molecule has 0 fully saturated rings. The summed E-state index contributed by atoms with van der Waals surface area (Å²) in [5.41, 5.74) is 3.25. The lowest BCUT2D eigenvalue weighted by Crippen LogP contribution is -2.40. The first-order chi connectivity index (χ1) is 14.6. The van der Waals surface area contributed by atoms with E-state index >= 15 is 0 Å². The second kappa shape index (κ2) is 8.79. The highest BCUT2D eigenvalue weighted by molar-refractivity contribution is 5.79. The van der Waals surface area contributed by atoms with Gasteiger partial charge in [-0.3, -0.25) is 4.57 Å². The first-order valence-electron chi connectivity index (χ1n) is 10.3. The van der Waals surface area contributed by atoms with Crippen molar-refractivity contribution in [1.29, 1.82) is 0 Å². The Morgan fingerprint density at radius 1 is 1.06 bits per heavy atom. The van der Waals surface area contributed by atoms with Crippen LogP contribution in [0, 0.1) is 20.8 Å². The number of aryl methyl sites for hydroxylation is 3. The summed E-state index contributed by atoms with van der Waals surface area (Å²) in [6.07, 6.45) is 1.54. The molecule has 0 atom stereocenters. The molecule has 0 amide bonds. The Hall–Kier alpha value is -3.35. The monoisotopic (exact) mass is 423 g/mol. The third-order valence-electron chi connectivity index (χ3n) is 5.01. The lowest BCUT2D eigenvalue weighted by atomic mass is 10.0.